The van der Waals surface area contributed by atoms with E-state index in [0.717, 1.165) is 38.9 Å². The molecule has 0 aromatic heterocycles. The summed E-state index contributed by atoms with van der Waals surface area (Å²) in [6, 6.07) is 0. The van der Waals surface area contributed by atoms with Crippen molar-refractivity contribution in [2.75, 3.05) is 19.6 Å². The summed E-state index contributed by atoms with van der Waals surface area (Å²) in [4.78, 5) is 17.4. The van der Waals surface area contributed by atoms with Gasteiger partial charge in [-0.05, 0) is 64.3 Å². The third-order valence-electron chi connectivity index (χ3n) is 4.12. The Hall–Kier alpha value is -0.610. The lowest BCUT2D eigenvalue weighted by molar-refractivity contribution is -0.210. The molecule has 0 atom stereocenters. The minimum Gasteiger partial charge on any atom is -0.367 e. The minimum atomic E-state index is -0.441. The maximum absolute atomic E-state index is 11.9. The van der Waals surface area contributed by atoms with Crippen LogP contribution < -0.4 is 5.73 Å². The maximum atomic E-state index is 11.9. The van der Waals surface area contributed by atoms with Crippen LogP contribution in [0.3, 0.4) is 0 Å². The van der Waals surface area contributed by atoms with Crippen molar-refractivity contribution in [1.29, 1.82) is 0 Å². The van der Waals surface area contributed by atoms with Crippen LogP contribution in [0.25, 0.3) is 0 Å². The van der Waals surface area contributed by atoms with Crippen molar-refractivity contribution in [2.45, 2.75) is 60.3 Å². The molecular weight excluding hydrogens is 252 g/mol. The zero-order chi connectivity index (χ0) is 15.4. The number of carbonyl (C=O) groups is 1. The Morgan fingerprint density at radius 2 is 1.85 bits per heavy atom. The lowest BCUT2D eigenvalue weighted by Crippen LogP contribution is -2.44. The number of nitrogens with zero attached hydrogens (tertiary/aromatic N) is 1. The monoisotopic (exact) mass is 284 g/mol. The standard InChI is InChI=1S/C16H32N2O2/c1-13(2)12-16(6-9-17)7-10-18(11-8-16)20-14(19)15(3,4)5/h13H,6-12,17H2,1-5H3. The van der Waals surface area contributed by atoms with E-state index in [1.807, 2.05) is 25.8 Å². The summed E-state index contributed by atoms with van der Waals surface area (Å²) in [5, 5.41) is 1.84. The van der Waals surface area contributed by atoms with Gasteiger partial charge in [0.25, 0.3) is 0 Å². The van der Waals surface area contributed by atoms with E-state index in [2.05, 4.69) is 13.8 Å². The Kier molecular flexibility index (Phi) is 6.02. The van der Waals surface area contributed by atoms with Gasteiger partial charge in [0.15, 0.2) is 0 Å². The highest BCUT2D eigenvalue weighted by Gasteiger charge is 2.36. The van der Waals surface area contributed by atoms with Crippen molar-refractivity contribution < 1.29 is 9.63 Å². The Morgan fingerprint density at radius 3 is 2.25 bits per heavy atom. The summed E-state index contributed by atoms with van der Waals surface area (Å²) in [6.07, 6.45) is 4.43. The van der Waals surface area contributed by atoms with Crippen LogP contribution in [0.15, 0.2) is 0 Å². The molecule has 1 heterocycles. The van der Waals surface area contributed by atoms with Crippen LogP contribution in [0.4, 0.5) is 0 Å². The normalized spacial score (nSPS) is 20.1. The summed E-state index contributed by atoms with van der Waals surface area (Å²) < 4.78 is 0. The van der Waals surface area contributed by atoms with Gasteiger partial charge in [-0.25, -0.2) is 4.79 Å². The molecule has 0 aliphatic carbocycles. The Bertz CT molecular complexity index is 313. The molecule has 0 unspecified atom stereocenters. The van der Waals surface area contributed by atoms with Crippen LogP contribution in [0.5, 0.6) is 0 Å². The second-order valence-corrected chi connectivity index (χ2v) is 7.69. The number of carbonyl (C=O) groups excluding carboxylic acids is 1. The number of piperidine rings is 1. The number of hydrogen-bond donors (Lipinski definition) is 1. The molecule has 1 aliphatic rings. The summed E-state index contributed by atoms with van der Waals surface area (Å²) in [7, 11) is 0. The molecular formula is C16H32N2O2. The molecule has 1 aliphatic heterocycles. The molecule has 0 aromatic rings. The van der Waals surface area contributed by atoms with Crippen LogP contribution in [-0.2, 0) is 9.63 Å². The highest BCUT2D eigenvalue weighted by Crippen LogP contribution is 2.40. The summed E-state index contributed by atoms with van der Waals surface area (Å²) in [5.74, 6) is 0.540. The smallest absolute Gasteiger partial charge is 0.330 e. The second kappa shape index (κ2) is 6.90. The average molecular weight is 284 g/mol. The molecule has 4 nitrogen and oxygen atoms in total. The van der Waals surface area contributed by atoms with Gasteiger partial charge in [-0.15, -0.1) is 5.06 Å². The predicted molar refractivity (Wildman–Crippen MR) is 81.9 cm³/mol. The van der Waals surface area contributed by atoms with Crippen LogP contribution in [0.2, 0.25) is 0 Å². The first-order valence-electron chi connectivity index (χ1n) is 7.86. The minimum absolute atomic E-state index is 0.146. The fourth-order valence-electron chi connectivity index (χ4n) is 3.03. The second-order valence-electron chi connectivity index (χ2n) is 7.69. The highest BCUT2D eigenvalue weighted by atomic mass is 16.7. The molecule has 0 amide bonds. The topological polar surface area (TPSA) is 55.6 Å². The van der Waals surface area contributed by atoms with Gasteiger partial charge in [-0.3, -0.25) is 0 Å². The zero-order valence-electron chi connectivity index (χ0n) is 13.9. The van der Waals surface area contributed by atoms with Crippen LogP contribution in [-0.4, -0.2) is 30.7 Å². The van der Waals surface area contributed by atoms with Crippen molar-refractivity contribution >= 4 is 5.97 Å². The summed E-state index contributed by atoms with van der Waals surface area (Å²) in [6.45, 7) is 12.6. The summed E-state index contributed by atoms with van der Waals surface area (Å²) in [5.41, 5.74) is 5.69. The van der Waals surface area contributed by atoms with Gasteiger partial charge < -0.3 is 10.6 Å². The van der Waals surface area contributed by atoms with E-state index in [-0.39, 0.29) is 5.97 Å². The van der Waals surface area contributed by atoms with Crippen molar-refractivity contribution in [3.8, 4) is 0 Å². The van der Waals surface area contributed by atoms with Crippen molar-refractivity contribution in [1.82, 2.24) is 5.06 Å². The van der Waals surface area contributed by atoms with E-state index in [1.54, 1.807) is 0 Å². The summed E-state index contributed by atoms with van der Waals surface area (Å²) >= 11 is 0. The fourth-order valence-corrected chi connectivity index (χ4v) is 3.03. The van der Waals surface area contributed by atoms with Crippen molar-refractivity contribution in [3.63, 3.8) is 0 Å². The maximum Gasteiger partial charge on any atom is 0.330 e. The van der Waals surface area contributed by atoms with E-state index in [4.69, 9.17) is 10.6 Å². The lowest BCUT2D eigenvalue weighted by atomic mass is 9.71. The first-order valence-corrected chi connectivity index (χ1v) is 7.86. The Balaban J connectivity index is 2.54. The van der Waals surface area contributed by atoms with Crippen molar-refractivity contribution in [2.24, 2.45) is 22.5 Å². The SMILES string of the molecule is CC(C)CC1(CCN)CCN(OC(=O)C(C)(C)C)CC1. The number of hydroxylamine groups is 2. The number of hydrogen-bond acceptors (Lipinski definition) is 4. The van der Waals surface area contributed by atoms with Gasteiger partial charge >= 0.3 is 5.97 Å². The van der Waals surface area contributed by atoms with E-state index in [9.17, 15) is 4.79 Å². The van der Waals surface area contributed by atoms with E-state index in [1.165, 1.54) is 6.42 Å². The predicted octanol–water partition coefficient (Wildman–Crippen LogP) is 2.97. The third kappa shape index (κ3) is 5.06. The molecule has 2 N–H and O–H groups in total. The molecule has 4 heteroatoms. The quantitative estimate of drug-likeness (QED) is 0.843. The van der Waals surface area contributed by atoms with Gasteiger partial charge in [-0.1, -0.05) is 13.8 Å². The van der Waals surface area contributed by atoms with E-state index in [0.29, 0.717) is 11.3 Å². The Morgan fingerprint density at radius 1 is 1.30 bits per heavy atom. The Labute approximate surface area is 124 Å². The zero-order valence-corrected chi connectivity index (χ0v) is 13.9. The van der Waals surface area contributed by atoms with Crippen molar-refractivity contribution in [3.05, 3.63) is 0 Å². The molecule has 0 bridgehead atoms. The lowest BCUT2D eigenvalue weighted by Gasteiger charge is -2.42. The van der Waals surface area contributed by atoms with Gasteiger partial charge in [-0.2, -0.15) is 0 Å². The van der Waals surface area contributed by atoms with E-state index >= 15 is 0 Å². The molecule has 0 spiro atoms. The number of rotatable bonds is 5. The largest absolute Gasteiger partial charge is 0.367 e. The van der Waals surface area contributed by atoms with Gasteiger partial charge in [0, 0.05) is 13.1 Å². The molecule has 1 rings (SSSR count). The molecule has 0 saturated carbocycles. The van der Waals surface area contributed by atoms with Crippen LogP contribution in [0.1, 0.15) is 60.3 Å². The van der Waals surface area contributed by atoms with Crippen LogP contribution >= 0.6 is 0 Å². The average Bonchev–Trinajstić information content (AvgIpc) is 2.30. The molecule has 20 heavy (non-hydrogen) atoms. The molecule has 0 radical (unpaired) electrons. The van der Waals surface area contributed by atoms with E-state index < -0.39 is 5.41 Å². The van der Waals surface area contributed by atoms with Crippen LogP contribution in [0, 0.1) is 16.7 Å². The van der Waals surface area contributed by atoms with Gasteiger partial charge in [0.1, 0.15) is 0 Å². The first kappa shape index (κ1) is 17.4. The fraction of sp³-hybridized carbons (Fsp3) is 0.938. The molecule has 0 aromatic carbocycles. The molecule has 118 valence electrons. The third-order valence-corrected chi connectivity index (χ3v) is 4.12. The van der Waals surface area contributed by atoms with Gasteiger partial charge in [0.05, 0.1) is 5.41 Å². The molecule has 1 saturated heterocycles. The van der Waals surface area contributed by atoms with Gasteiger partial charge in [0.2, 0.25) is 0 Å². The first-order chi connectivity index (χ1) is 9.18. The molecule has 1 fully saturated rings. The highest BCUT2D eigenvalue weighted by molar-refractivity contribution is 5.75. The number of nitrogens with two attached hydrogens (primary N) is 1.